The lowest BCUT2D eigenvalue weighted by Gasteiger charge is -2.16. The van der Waals surface area contributed by atoms with Crippen LogP contribution in [0.2, 0.25) is 5.02 Å². The zero-order valence-corrected chi connectivity index (χ0v) is 19.7. The van der Waals surface area contributed by atoms with E-state index in [0.29, 0.717) is 34.1 Å². The maximum Gasteiger partial charge on any atom is 0.278 e. The summed E-state index contributed by atoms with van der Waals surface area (Å²) in [6.45, 7) is 3.22. The van der Waals surface area contributed by atoms with Gasteiger partial charge in [-0.05, 0) is 30.7 Å². The van der Waals surface area contributed by atoms with Crippen LogP contribution in [0.15, 0.2) is 52.4 Å². The summed E-state index contributed by atoms with van der Waals surface area (Å²) in [6, 6.07) is 11.7. The number of amides is 2. The normalized spacial score (nSPS) is 11.5. The smallest absolute Gasteiger partial charge is 0.278 e. The molecule has 11 heteroatoms. The van der Waals surface area contributed by atoms with Crippen molar-refractivity contribution < 1.29 is 14.3 Å². The fourth-order valence-electron chi connectivity index (χ4n) is 2.99. The zero-order valence-electron chi connectivity index (χ0n) is 18.1. The Bertz CT molecular complexity index is 1230. The van der Waals surface area contributed by atoms with Crippen molar-refractivity contribution in [1.82, 2.24) is 15.2 Å². The van der Waals surface area contributed by atoms with Gasteiger partial charge in [0.2, 0.25) is 11.8 Å². The van der Waals surface area contributed by atoms with Crippen molar-refractivity contribution in [2.75, 3.05) is 17.7 Å². The van der Waals surface area contributed by atoms with Gasteiger partial charge >= 0.3 is 0 Å². The minimum absolute atomic E-state index is 0.0601. The van der Waals surface area contributed by atoms with Gasteiger partial charge in [-0.1, -0.05) is 48.5 Å². The number of H-pyrrole nitrogens is 1. The number of rotatable bonds is 8. The number of ether oxygens (including phenoxy) is 1. The summed E-state index contributed by atoms with van der Waals surface area (Å²) >= 11 is 7.11. The zero-order chi connectivity index (χ0) is 24.0. The summed E-state index contributed by atoms with van der Waals surface area (Å²) in [5.74, 6) is -0.0964. The van der Waals surface area contributed by atoms with Gasteiger partial charge in [-0.25, -0.2) is 0 Å². The summed E-state index contributed by atoms with van der Waals surface area (Å²) in [4.78, 5) is 39.7. The van der Waals surface area contributed by atoms with Gasteiger partial charge < -0.3 is 15.4 Å². The molecule has 2 aromatic carbocycles. The molecular formula is C22H22ClN5O4S. The Morgan fingerprint density at radius 3 is 2.58 bits per heavy atom. The molecule has 3 N–H and O–H groups in total. The molecule has 1 aromatic heterocycles. The predicted octanol–water partition coefficient (Wildman–Crippen LogP) is 3.96. The topological polar surface area (TPSA) is 126 Å². The van der Waals surface area contributed by atoms with Crippen LogP contribution in [0.25, 0.3) is 11.3 Å². The Labute approximate surface area is 199 Å². The molecule has 0 radical (unpaired) electrons. The lowest BCUT2D eigenvalue weighted by Crippen LogP contribution is -2.26. The minimum atomic E-state index is -0.559. The SMILES string of the molecule is CCC(Sc1nnc(-c2ccccc2NC(C)=O)c(=O)[nH]1)C(=O)Nc1cc(Cl)ccc1OC. The molecule has 0 saturated carbocycles. The van der Waals surface area contributed by atoms with E-state index < -0.39 is 10.8 Å². The van der Waals surface area contributed by atoms with Crippen molar-refractivity contribution in [2.24, 2.45) is 0 Å². The first-order valence-corrected chi connectivity index (χ1v) is 11.2. The quantitative estimate of drug-likeness (QED) is 0.410. The number of anilines is 2. The number of hydrogen-bond donors (Lipinski definition) is 3. The largest absolute Gasteiger partial charge is 0.495 e. The number of aromatic nitrogens is 3. The van der Waals surface area contributed by atoms with Crippen LogP contribution < -0.4 is 20.9 Å². The molecule has 1 atom stereocenters. The molecule has 0 aliphatic heterocycles. The van der Waals surface area contributed by atoms with Gasteiger partial charge in [0, 0.05) is 17.5 Å². The molecular weight excluding hydrogens is 466 g/mol. The Kier molecular flexibility index (Phi) is 8.07. The third kappa shape index (κ3) is 6.11. The Morgan fingerprint density at radius 2 is 1.91 bits per heavy atom. The average molecular weight is 488 g/mol. The predicted molar refractivity (Wildman–Crippen MR) is 129 cm³/mol. The number of nitrogens with zero attached hydrogens (tertiary/aromatic N) is 2. The summed E-state index contributed by atoms with van der Waals surface area (Å²) < 4.78 is 5.26. The van der Waals surface area contributed by atoms with Crippen molar-refractivity contribution in [2.45, 2.75) is 30.7 Å². The van der Waals surface area contributed by atoms with E-state index in [2.05, 4.69) is 25.8 Å². The van der Waals surface area contributed by atoms with E-state index in [0.717, 1.165) is 11.8 Å². The number of benzene rings is 2. The van der Waals surface area contributed by atoms with Crippen LogP contribution in [-0.4, -0.2) is 39.4 Å². The average Bonchev–Trinajstić information content (AvgIpc) is 2.78. The number of thioether (sulfide) groups is 1. The van der Waals surface area contributed by atoms with Crippen LogP contribution in [0.1, 0.15) is 20.3 Å². The minimum Gasteiger partial charge on any atom is -0.495 e. The van der Waals surface area contributed by atoms with Gasteiger partial charge in [0.1, 0.15) is 5.75 Å². The number of nitrogens with one attached hydrogen (secondary N) is 3. The second kappa shape index (κ2) is 11.0. The highest BCUT2D eigenvalue weighted by Crippen LogP contribution is 2.30. The maximum atomic E-state index is 12.8. The number of methoxy groups -OCH3 is 1. The van der Waals surface area contributed by atoms with E-state index in [9.17, 15) is 14.4 Å². The van der Waals surface area contributed by atoms with Crippen LogP contribution in [-0.2, 0) is 9.59 Å². The molecule has 3 rings (SSSR count). The van der Waals surface area contributed by atoms with Crippen molar-refractivity contribution in [1.29, 1.82) is 0 Å². The second-order valence-electron chi connectivity index (χ2n) is 6.88. The first kappa shape index (κ1) is 24.3. The lowest BCUT2D eigenvalue weighted by atomic mass is 10.1. The first-order chi connectivity index (χ1) is 15.8. The van der Waals surface area contributed by atoms with Crippen molar-refractivity contribution >= 4 is 46.6 Å². The number of halogens is 1. The molecule has 2 amide bonds. The summed E-state index contributed by atoms with van der Waals surface area (Å²) in [5.41, 5.74) is 0.905. The fourth-order valence-corrected chi connectivity index (χ4v) is 4.00. The van der Waals surface area contributed by atoms with Gasteiger partial charge in [-0.3, -0.25) is 19.4 Å². The van der Waals surface area contributed by atoms with Crippen LogP contribution in [0, 0.1) is 0 Å². The monoisotopic (exact) mass is 487 g/mol. The number of aromatic amines is 1. The third-order valence-electron chi connectivity index (χ3n) is 4.51. The van der Waals surface area contributed by atoms with E-state index in [1.54, 1.807) is 42.5 Å². The lowest BCUT2D eigenvalue weighted by molar-refractivity contribution is -0.116. The van der Waals surface area contributed by atoms with E-state index in [4.69, 9.17) is 16.3 Å². The number of carbonyl (C=O) groups is 2. The maximum absolute atomic E-state index is 12.8. The summed E-state index contributed by atoms with van der Waals surface area (Å²) in [7, 11) is 1.50. The van der Waals surface area contributed by atoms with E-state index in [1.807, 2.05) is 6.92 Å². The van der Waals surface area contributed by atoms with Gasteiger partial charge in [-0.2, -0.15) is 0 Å². The third-order valence-corrected chi connectivity index (χ3v) is 5.98. The van der Waals surface area contributed by atoms with Crippen LogP contribution in [0.5, 0.6) is 5.75 Å². The summed E-state index contributed by atoms with van der Waals surface area (Å²) in [6.07, 6.45) is 0.468. The van der Waals surface area contributed by atoms with Gasteiger partial charge in [0.05, 0.1) is 23.7 Å². The molecule has 0 saturated heterocycles. The van der Waals surface area contributed by atoms with Crippen LogP contribution in [0.3, 0.4) is 0 Å². The molecule has 172 valence electrons. The number of carbonyl (C=O) groups excluding carboxylic acids is 2. The molecule has 1 heterocycles. The molecule has 33 heavy (non-hydrogen) atoms. The van der Waals surface area contributed by atoms with Crippen molar-refractivity contribution in [3.05, 3.63) is 57.8 Å². The molecule has 0 aliphatic carbocycles. The van der Waals surface area contributed by atoms with Gasteiger partial charge in [-0.15, -0.1) is 10.2 Å². The molecule has 0 aliphatic rings. The van der Waals surface area contributed by atoms with Crippen molar-refractivity contribution in [3.63, 3.8) is 0 Å². The highest BCUT2D eigenvalue weighted by Gasteiger charge is 2.22. The number of hydrogen-bond acceptors (Lipinski definition) is 7. The standard InChI is InChI=1S/C22H22ClN5O4S/c1-4-18(20(30)25-16-11-13(23)9-10-17(16)32-3)33-22-26-21(31)19(27-28-22)14-7-5-6-8-15(14)24-12(2)29/h5-11,18H,4H2,1-3H3,(H,24,29)(H,25,30)(H,26,28,31). The summed E-state index contributed by atoms with van der Waals surface area (Å²) in [5, 5.41) is 13.7. The van der Waals surface area contributed by atoms with E-state index in [1.165, 1.54) is 14.0 Å². The first-order valence-electron chi connectivity index (χ1n) is 9.97. The number of para-hydroxylation sites is 1. The van der Waals surface area contributed by atoms with Crippen LogP contribution in [0.4, 0.5) is 11.4 Å². The van der Waals surface area contributed by atoms with E-state index in [-0.39, 0.29) is 22.7 Å². The van der Waals surface area contributed by atoms with Gasteiger partial charge in [0.15, 0.2) is 10.9 Å². The van der Waals surface area contributed by atoms with Crippen LogP contribution >= 0.6 is 23.4 Å². The van der Waals surface area contributed by atoms with E-state index >= 15 is 0 Å². The van der Waals surface area contributed by atoms with Crippen molar-refractivity contribution in [3.8, 4) is 17.0 Å². The fraction of sp³-hybridized carbons (Fsp3) is 0.227. The molecule has 9 nitrogen and oxygen atoms in total. The Morgan fingerprint density at radius 1 is 1.15 bits per heavy atom. The Hall–Kier alpha value is -3.37. The molecule has 0 bridgehead atoms. The highest BCUT2D eigenvalue weighted by atomic mass is 35.5. The molecule has 0 fully saturated rings. The molecule has 3 aromatic rings. The van der Waals surface area contributed by atoms with Gasteiger partial charge in [0.25, 0.3) is 5.56 Å². The molecule has 1 unspecified atom stereocenters. The second-order valence-corrected chi connectivity index (χ2v) is 8.51. The molecule has 0 spiro atoms. The highest BCUT2D eigenvalue weighted by molar-refractivity contribution is 8.00. The Balaban J connectivity index is 1.80.